The van der Waals surface area contributed by atoms with Gasteiger partial charge in [-0.2, -0.15) is 0 Å². The van der Waals surface area contributed by atoms with Crippen LogP contribution in [-0.4, -0.2) is 11.8 Å². The average Bonchev–Trinajstić information content (AvgIpc) is 2.67. The lowest BCUT2D eigenvalue weighted by Crippen LogP contribution is -2.30. The molecule has 0 fully saturated rings. The van der Waals surface area contributed by atoms with Gasteiger partial charge in [0.1, 0.15) is 0 Å². The predicted molar refractivity (Wildman–Crippen MR) is 72.4 cm³/mol. The van der Waals surface area contributed by atoms with E-state index in [0.29, 0.717) is 21.8 Å². The number of benzene rings is 2. The molecule has 4 heteroatoms. The minimum atomic E-state index is -0.380. The molecule has 0 aromatic heterocycles. The third-order valence-corrected chi connectivity index (χ3v) is 3.39. The number of anilines is 1. The maximum absolute atomic E-state index is 12.3. The van der Waals surface area contributed by atoms with Gasteiger partial charge >= 0.3 is 0 Å². The molecular weight excluding hydrogens is 262 g/mol. The van der Waals surface area contributed by atoms with Gasteiger partial charge in [-0.25, -0.2) is 4.90 Å². The number of carbonyl (C=O) groups is 2. The van der Waals surface area contributed by atoms with Crippen molar-refractivity contribution in [3.05, 3.63) is 71.1 Å². The van der Waals surface area contributed by atoms with Crippen LogP contribution in [0.5, 0.6) is 0 Å². The smallest absolute Gasteiger partial charge is 0.266 e. The van der Waals surface area contributed by atoms with Crippen LogP contribution in [0.2, 0.25) is 5.02 Å². The van der Waals surface area contributed by atoms with Gasteiger partial charge in [-0.3, -0.25) is 9.59 Å². The van der Waals surface area contributed by atoms with Crippen molar-refractivity contribution < 1.29 is 9.59 Å². The first-order valence-corrected chi connectivity index (χ1v) is 6.01. The van der Waals surface area contributed by atoms with Crippen molar-refractivity contribution in [1.29, 1.82) is 0 Å². The lowest BCUT2D eigenvalue weighted by Gasteiger charge is -2.16. The van der Waals surface area contributed by atoms with Crippen LogP contribution >= 0.6 is 11.6 Å². The number of rotatable bonds is 1. The third kappa shape index (κ3) is 1.66. The summed E-state index contributed by atoms with van der Waals surface area (Å²) < 4.78 is 0. The molecule has 0 bridgehead atoms. The second-order valence-electron chi connectivity index (χ2n) is 4.16. The fourth-order valence-electron chi connectivity index (χ4n) is 2.13. The Labute approximate surface area is 115 Å². The van der Waals surface area contributed by atoms with Gasteiger partial charge in [0.05, 0.1) is 16.8 Å². The number of imide groups is 1. The molecule has 0 atom stereocenters. The van der Waals surface area contributed by atoms with Crippen molar-refractivity contribution in [3.63, 3.8) is 0 Å². The first-order chi connectivity index (χ1) is 9.11. The lowest BCUT2D eigenvalue weighted by atomic mass is 10.1. The molecule has 92 valence electrons. The van der Waals surface area contributed by atoms with E-state index in [0.717, 1.165) is 4.90 Å². The molecule has 2 aromatic rings. The molecule has 3 rings (SSSR count). The Bertz CT molecular complexity index is 674. The normalized spacial score (nSPS) is 13.9. The van der Waals surface area contributed by atoms with E-state index in [1.165, 1.54) is 0 Å². The molecule has 2 radical (unpaired) electrons. The minimum Gasteiger partial charge on any atom is -0.268 e. The van der Waals surface area contributed by atoms with Crippen LogP contribution in [0.4, 0.5) is 5.69 Å². The van der Waals surface area contributed by atoms with Crippen LogP contribution < -0.4 is 4.90 Å². The highest BCUT2D eigenvalue weighted by molar-refractivity contribution is 6.36. The van der Waals surface area contributed by atoms with E-state index in [1.807, 2.05) is 0 Å². The number of carbonyl (C=O) groups excluding carboxylic acids is 2. The second-order valence-corrected chi connectivity index (χ2v) is 4.57. The molecule has 1 heterocycles. The molecule has 0 N–H and O–H groups in total. The molecule has 19 heavy (non-hydrogen) atoms. The standard InChI is InChI=1S/C15H8ClNO2/c1-9-12(16)7-4-8-13(9)17-14(18)10-5-2-3-6-11(10)15(17)19/h1-8H. The van der Waals surface area contributed by atoms with Gasteiger partial charge in [0.25, 0.3) is 11.8 Å². The number of fused-ring (bicyclic) bond motifs is 1. The minimum absolute atomic E-state index is 0.221. The molecule has 0 aliphatic carbocycles. The van der Waals surface area contributed by atoms with Crippen LogP contribution in [0.15, 0.2) is 42.5 Å². The first-order valence-electron chi connectivity index (χ1n) is 5.63. The predicted octanol–water partition coefficient (Wildman–Crippen LogP) is 3.20. The Kier molecular flexibility index (Phi) is 2.64. The molecule has 2 aromatic carbocycles. The van der Waals surface area contributed by atoms with Crippen molar-refractivity contribution in [2.24, 2.45) is 0 Å². The number of amides is 2. The van der Waals surface area contributed by atoms with E-state index in [9.17, 15) is 9.59 Å². The molecule has 1 aliphatic rings. The fraction of sp³-hybridized carbons (Fsp3) is 0. The van der Waals surface area contributed by atoms with E-state index < -0.39 is 0 Å². The summed E-state index contributed by atoms with van der Waals surface area (Å²) in [5.41, 5.74) is 1.30. The average molecular weight is 270 g/mol. The summed E-state index contributed by atoms with van der Waals surface area (Å²) in [7, 11) is 0. The molecule has 1 aliphatic heterocycles. The molecule has 2 amide bonds. The van der Waals surface area contributed by atoms with Crippen molar-refractivity contribution in [1.82, 2.24) is 0 Å². The van der Waals surface area contributed by atoms with Crippen LogP contribution in [0.25, 0.3) is 0 Å². The summed E-state index contributed by atoms with van der Waals surface area (Å²) in [4.78, 5) is 25.6. The Balaban J connectivity index is 2.17. The molecule has 0 spiro atoms. The highest BCUT2D eigenvalue weighted by Crippen LogP contribution is 2.32. The molecule has 0 unspecified atom stereocenters. The van der Waals surface area contributed by atoms with E-state index in [2.05, 4.69) is 0 Å². The fourth-order valence-corrected chi connectivity index (χ4v) is 2.30. The van der Waals surface area contributed by atoms with Crippen molar-refractivity contribution in [2.75, 3.05) is 4.90 Å². The van der Waals surface area contributed by atoms with Crippen molar-refractivity contribution in [3.8, 4) is 0 Å². The van der Waals surface area contributed by atoms with Gasteiger partial charge in [0.15, 0.2) is 0 Å². The zero-order valence-electron chi connectivity index (χ0n) is 9.76. The molecule has 3 nitrogen and oxygen atoms in total. The van der Waals surface area contributed by atoms with E-state index in [1.54, 1.807) is 42.5 Å². The summed E-state index contributed by atoms with van der Waals surface area (Å²) in [6, 6.07) is 11.5. The third-order valence-electron chi connectivity index (χ3n) is 3.06. The van der Waals surface area contributed by atoms with Gasteiger partial charge in [0, 0.05) is 11.9 Å². The summed E-state index contributed by atoms with van der Waals surface area (Å²) in [5.74, 6) is -0.760. The lowest BCUT2D eigenvalue weighted by molar-refractivity contribution is 0.0926. The molecule has 0 saturated carbocycles. The zero-order valence-corrected chi connectivity index (χ0v) is 10.5. The highest BCUT2D eigenvalue weighted by Gasteiger charge is 2.37. The van der Waals surface area contributed by atoms with Gasteiger partial charge in [-0.1, -0.05) is 29.8 Å². The van der Waals surface area contributed by atoms with E-state index in [4.69, 9.17) is 18.5 Å². The number of hydrogen-bond donors (Lipinski definition) is 0. The van der Waals surface area contributed by atoms with Crippen LogP contribution in [0, 0.1) is 6.92 Å². The van der Waals surface area contributed by atoms with Gasteiger partial charge < -0.3 is 0 Å². The van der Waals surface area contributed by atoms with Crippen molar-refractivity contribution in [2.45, 2.75) is 0 Å². The van der Waals surface area contributed by atoms with Gasteiger partial charge in [-0.15, -0.1) is 0 Å². The van der Waals surface area contributed by atoms with Crippen molar-refractivity contribution >= 4 is 29.1 Å². The molecular formula is C15H8ClNO2. The monoisotopic (exact) mass is 269 g/mol. The van der Waals surface area contributed by atoms with Crippen LogP contribution in [-0.2, 0) is 0 Å². The van der Waals surface area contributed by atoms with Crippen LogP contribution in [0.3, 0.4) is 0 Å². The first kappa shape index (κ1) is 11.9. The summed E-state index contributed by atoms with van der Waals surface area (Å²) in [6.07, 6.45) is 0. The number of halogens is 1. The number of nitrogens with zero attached hydrogens (tertiary/aromatic N) is 1. The van der Waals surface area contributed by atoms with E-state index >= 15 is 0 Å². The highest BCUT2D eigenvalue weighted by atomic mass is 35.5. The SMILES string of the molecule is [CH]c1c(Cl)cccc1N1C(=O)c2ccccc2C1=O. The Hall–Kier alpha value is -2.13. The zero-order chi connectivity index (χ0) is 13.6. The van der Waals surface area contributed by atoms with E-state index in [-0.39, 0.29) is 17.4 Å². The molecule has 0 saturated heterocycles. The number of hydrogen-bond acceptors (Lipinski definition) is 2. The van der Waals surface area contributed by atoms with Gasteiger partial charge in [0.2, 0.25) is 0 Å². The second kappa shape index (κ2) is 4.21. The Morgan fingerprint density at radius 3 is 2.05 bits per heavy atom. The Morgan fingerprint density at radius 2 is 1.47 bits per heavy atom. The van der Waals surface area contributed by atoms with Gasteiger partial charge in [-0.05, 0) is 29.8 Å². The summed E-state index contributed by atoms with van der Waals surface area (Å²) in [6.45, 7) is 5.84. The summed E-state index contributed by atoms with van der Waals surface area (Å²) in [5, 5.41) is 0.314. The maximum atomic E-state index is 12.3. The largest absolute Gasteiger partial charge is 0.268 e. The van der Waals surface area contributed by atoms with Crippen LogP contribution in [0.1, 0.15) is 26.3 Å². The summed E-state index contributed by atoms with van der Waals surface area (Å²) >= 11 is 5.92. The topological polar surface area (TPSA) is 37.4 Å². The quantitative estimate of drug-likeness (QED) is 0.746. The Morgan fingerprint density at radius 1 is 0.895 bits per heavy atom. The maximum Gasteiger partial charge on any atom is 0.266 e.